The Bertz CT molecular complexity index is 1370. The van der Waals surface area contributed by atoms with E-state index in [0.29, 0.717) is 15.7 Å². The Morgan fingerprint density at radius 2 is 1.89 bits per heavy atom. The second-order valence-corrected chi connectivity index (χ2v) is 10.9. The first-order chi connectivity index (χ1) is 16.9. The highest BCUT2D eigenvalue weighted by atomic mass is 79.9. The summed E-state index contributed by atoms with van der Waals surface area (Å²) in [6, 6.07) is 24.2. The number of rotatable bonds is 5. The number of benzene rings is 3. The molecule has 0 spiro atoms. The van der Waals surface area contributed by atoms with Crippen LogP contribution in [-0.2, 0) is 12.1 Å². The number of hydrogen-bond donors (Lipinski definition) is 1. The van der Waals surface area contributed by atoms with Gasteiger partial charge in [0.05, 0.1) is 15.6 Å². The molecule has 1 saturated heterocycles. The highest BCUT2D eigenvalue weighted by Gasteiger charge is 2.43. The van der Waals surface area contributed by atoms with Crippen LogP contribution in [-0.4, -0.2) is 40.8 Å². The lowest BCUT2D eigenvalue weighted by Gasteiger charge is -2.48. The summed E-state index contributed by atoms with van der Waals surface area (Å²) in [4.78, 5) is 21.5. The molecule has 35 heavy (non-hydrogen) atoms. The third-order valence-corrected chi connectivity index (χ3v) is 8.34. The van der Waals surface area contributed by atoms with Crippen molar-refractivity contribution in [3.8, 4) is 0 Å². The van der Waals surface area contributed by atoms with Crippen LogP contribution in [0.1, 0.15) is 34.5 Å². The van der Waals surface area contributed by atoms with E-state index in [2.05, 4.69) is 62.2 Å². The van der Waals surface area contributed by atoms with E-state index in [9.17, 15) is 4.79 Å². The van der Waals surface area contributed by atoms with Gasteiger partial charge in [-0.15, -0.1) is 0 Å². The van der Waals surface area contributed by atoms with Crippen LogP contribution in [0.3, 0.4) is 0 Å². The van der Waals surface area contributed by atoms with Crippen LogP contribution in [0.5, 0.6) is 0 Å². The minimum absolute atomic E-state index is 0.0741. The van der Waals surface area contributed by atoms with Crippen molar-refractivity contribution in [3.63, 3.8) is 0 Å². The van der Waals surface area contributed by atoms with E-state index in [1.807, 2.05) is 42.3 Å². The van der Waals surface area contributed by atoms with Gasteiger partial charge in [0, 0.05) is 35.5 Å². The number of amides is 1. The van der Waals surface area contributed by atoms with Crippen molar-refractivity contribution in [2.75, 3.05) is 20.1 Å². The Labute approximate surface area is 224 Å². The van der Waals surface area contributed by atoms with Gasteiger partial charge in [-0.25, -0.2) is 0 Å². The quantitative estimate of drug-likeness (QED) is 0.270. The van der Waals surface area contributed by atoms with Crippen LogP contribution in [0.15, 0.2) is 77.3 Å². The monoisotopic (exact) mass is 569 g/mol. The second-order valence-electron chi connectivity index (χ2n) is 9.21. The fourth-order valence-electron chi connectivity index (χ4n) is 5.21. The van der Waals surface area contributed by atoms with Crippen molar-refractivity contribution >= 4 is 55.9 Å². The maximum Gasteiger partial charge on any atom is 0.270 e. The Kier molecular flexibility index (Phi) is 6.95. The zero-order chi connectivity index (χ0) is 24.6. The smallest absolute Gasteiger partial charge is 0.270 e. The first-order valence-corrected chi connectivity index (χ1v) is 13.2. The van der Waals surface area contributed by atoms with Crippen molar-refractivity contribution < 1.29 is 4.79 Å². The minimum Gasteiger partial charge on any atom is -0.350 e. The number of carbonyl (C=O) groups is 1. The van der Waals surface area contributed by atoms with Crippen LogP contribution < -0.4 is 0 Å². The molecule has 1 atom stereocenters. The fraction of sp³-hybridized carbons (Fsp3) is 0.250. The second kappa shape index (κ2) is 9.98. The molecule has 1 aliphatic heterocycles. The van der Waals surface area contributed by atoms with E-state index in [-0.39, 0.29) is 5.91 Å². The maximum absolute atomic E-state index is 13.9. The van der Waals surface area contributed by atoms with E-state index in [4.69, 9.17) is 23.2 Å². The number of likely N-dealkylation sites (N-methyl/N-ethyl adjacent to an activating group) is 1. The number of piperidine rings is 1. The maximum atomic E-state index is 13.9. The number of hydrogen-bond acceptors (Lipinski definition) is 2. The molecule has 180 valence electrons. The third kappa shape index (κ3) is 4.75. The van der Waals surface area contributed by atoms with Crippen molar-refractivity contribution in [3.05, 3.63) is 104 Å². The van der Waals surface area contributed by atoms with Crippen LogP contribution >= 0.6 is 39.1 Å². The van der Waals surface area contributed by atoms with Gasteiger partial charge in [-0.2, -0.15) is 0 Å². The zero-order valence-corrected chi connectivity index (χ0v) is 22.5. The highest BCUT2D eigenvalue weighted by molar-refractivity contribution is 9.10. The van der Waals surface area contributed by atoms with Gasteiger partial charge in [-0.3, -0.25) is 9.69 Å². The Morgan fingerprint density at radius 1 is 1.09 bits per heavy atom. The SMILES string of the molecule is CN(C(=O)c1cc2c(Cl)c(Cl)ccc2[nH]1)C1(c2cccc(Br)c2)CCCN(Cc2ccccc2)C1. The molecule has 1 N–H and O–H groups in total. The lowest BCUT2D eigenvalue weighted by atomic mass is 9.80. The average Bonchev–Trinajstić information content (AvgIpc) is 3.31. The molecule has 1 aliphatic rings. The van der Waals surface area contributed by atoms with E-state index < -0.39 is 5.54 Å². The van der Waals surface area contributed by atoms with E-state index >= 15 is 0 Å². The molecule has 5 rings (SSSR count). The minimum atomic E-state index is -0.480. The van der Waals surface area contributed by atoms with Crippen molar-refractivity contribution in [2.24, 2.45) is 0 Å². The predicted octanol–water partition coefficient (Wildman–Crippen LogP) is 7.50. The molecule has 3 aromatic carbocycles. The van der Waals surface area contributed by atoms with Gasteiger partial charge in [0.15, 0.2) is 0 Å². The zero-order valence-electron chi connectivity index (χ0n) is 19.4. The number of aromatic nitrogens is 1. The Balaban J connectivity index is 1.53. The van der Waals surface area contributed by atoms with Crippen molar-refractivity contribution in [1.29, 1.82) is 0 Å². The summed E-state index contributed by atoms with van der Waals surface area (Å²) in [5.74, 6) is -0.0741. The first kappa shape index (κ1) is 24.4. The molecule has 4 aromatic rings. The van der Waals surface area contributed by atoms with Gasteiger partial charge in [0.1, 0.15) is 5.69 Å². The van der Waals surface area contributed by atoms with Gasteiger partial charge in [-0.05, 0) is 60.8 Å². The van der Waals surface area contributed by atoms with Gasteiger partial charge >= 0.3 is 0 Å². The van der Waals surface area contributed by atoms with E-state index in [1.165, 1.54) is 5.56 Å². The molecule has 4 nitrogen and oxygen atoms in total. The molecule has 0 radical (unpaired) electrons. The molecular formula is C28H26BrCl2N3O. The molecule has 0 bridgehead atoms. The fourth-order valence-corrected chi connectivity index (χ4v) is 6.00. The molecule has 2 heterocycles. The molecule has 0 aliphatic carbocycles. The molecular weight excluding hydrogens is 545 g/mol. The summed E-state index contributed by atoms with van der Waals surface area (Å²) in [7, 11) is 1.91. The molecule has 1 amide bonds. The van der Waals surface area contributed by atoms with Crippen LogP contribution in [0, 0.1) is 0 Å². The normalized spacial score (nSPS) is 18.6. The van der Waals surface area contributed by atoms with Gasteiger partial charge < -0.3 is 9.88 Å². The summed E-state index contributed by atoms with van der Waals surface area (Å²) in [6.07, 6.45) is 1.87. The van der Waals surface area contributed by atoms with Gasteiger partial charge in [0.2, 0.25) is 0 Å². The number of nitrogens with one attached hydrogen (secondary N) is 1. The summed E-state index contributed by atoms with van der Waals surface area (Å²) in [6.45, 7) is 2.58. The number of likely N-dealkylation sites (tertiary alicyclic amines) is 1. The predicted molar refractivity (Wildman–Crippen MR) is 147 cm³/mol. The summed E-state index contributed by atoms with van der Waals surface area (Å²) in [5.41, 5.74) is 3.21. The molecule has 1 fully saturated rings. The molecule has 7 heteroatoms. The lowest BCUT2D eigenvalue weighted by molar-refractivity contribution is 0.0184. The largest absolute Gasteiger partial charge is 0.350 e. The Hall–Kier alpha value is -2.31. The van der Waals surface area contributed by atoms with E-state index in [0.717, 1.165) is 53.4 Å². The number of carbonyl (C=O) groups excluding carboxylic acids is 1. The lowest BCUT2D eigenvalue weighted by Crippen LogP contribution is -2.56. The van der Waals surface area contributed by atoms with Gasteiger partial charge in [-0.1, -0.05) is 81.6 Å². The number of H-pyrrole nitrogens is 1. The third-order valence-electron chi connectivity index (χ3n) is 7.03. The van der Waals surface area contributed by atoms with E-state index in [1.54, 1.807) is 6.07 Å². The Morgan fingerprint density at radius 3 is 2.66 bits per heavy atom. The summed E-state index contributed by atoms with van der Waals surface area (Å²) < 4.78 is 1.00. The van der Waals surface area contributed by atoms with Crippen LogP contribution in [0.25, 0.3) is 10.9 Å². The topological polar surface area (TPSA) is 39.3 Å². The standard InChI is InChI=1S/C28H26BrCl2N3O/c1-33(27(35)25-16-22-24(32-25)12-11-23(30)26(22)31)28(20-9-5-10-21(29)15-20)13-6-14-34(18-28)17-19-7-3-2-4-8-19/h2-5,7-12,15-16,32H,6,13-14,17-18H2,1H3. The number of fused-ring (bicyclic) bond motifs is 1. The van der Waals surface area contributed by atoms with Crippen molar-refractivity contribution in [1.82, 2.24) is 14.8 Å². The molecule has 0 saturated carbocycles. The summed E-state index contributed by atoms with van der Waals surface area (Å²) >= 11 is 16.3. The van der Waals surface area contributed by atoms with Gasteiger partial charge in [0.25, 0.3) is 5.91 Å². The van der Waals surface area contributed by atoms with Crippen LogP contribution in [0.2, 0.25) is 10.0 Å². The number of aromatic amines is 1. The number of nitrogens with zero attached hydrogens (tertiary/aromatic N) is 2. The number of halogens is 3. The molecule has 1 aromatic heterocycles. The van der Waals surface area contributed by atoms with Crippen molar-refractivity contribution in [2.45, 2.75) is 24.9 Å². The summed E-state index contributed by atoms with van der Waals surface area (Å²) in [5, 5.41) is 1.68. The average molecular weight is 571 g/mol. The van der Waals surface area contributed by atoms with Crippen LogP contribution in [0.4, 0.5) is 0 Å². The first-order valence-electron chi connectivity index (χ1n) is 11.6. The highest BCUT2D eigenvalue weighted by Crippen LogP contribution is 2.40. The molecule has 1 unspecified atom stereocenters.